The van der Waals surface area contributed by atoms with E-state index in [1.165, 1.54) is 12.7 Å². The largest absolute Gasteiger partial charge is 0.469 e. The highest BCUT2D eigenvalue weighted by Gasteiger charge is 2.58. The molecule has 142 valence electrons. The zero-order valence-corrected chi connectivity index (χ0v) is 15.8. The molecule has 0 aromatic carbocycles. The molecule has 2 fully saturated rings. The van der Waals surface area contributed by atoms with Gasteiger partial charge in [0.25, 0.3) is 0 Å². The highest BCUT2D eigenvalue weighted by atomic mass is 16.7. The monoisotopic (exact) mass is 352 g/mol. The summed E-state index contributed by atoms with van der Waals surface area (Å²) < 4.78 is 16.8. The van der Waals surface area contributed by atoms with Gasteiger partial charge in [0.15, 0.2) is 6.29 Å². The standard InChI is InChI=1S/C20H32O5/c1-14(12-17(21)23-3)15-7-9-19(2)16(8-10-20(19,22)13-15)25-18-6-4-5-11-24-18/h13-14,16,18,22H,4-12H2,1-3H3. The Kier molecular flexibility index (Phi) is 5.57. The Labute approximate surface area is 150 Å². The predicted octanol–water partition coefficient (Wildman–Crippen LogP) is 3.35. The third kappa shape index (κ3) is 3.64. The second-order valence-electron chi connectivity index (χ2n) is 8.20. The maximum Gasteiger partial charge on any atom is 0.306 e. The summed E-state index contributed by atoms with van der Waals surface area (Å²) in [6.07, 6.45) is 8.81. The van der Waals surface area contributed by atoms with Gasteiger partial charge in [0.2, 0.25) is 0 Å². The molecule has 25 heavy (non-hydrogen) atoms. The lowest BCUT2D eigenvalue weighted by atomic mass is 9.65. The summed E-state index contributed by atoms with van der Waals surface area (Å²) in [6, 6.07) is 0. The van der Waals surface area contributed by atoms with Gasteiger partial charge in [-0.25, -0.2) is 0 Å². The second-order valence-corrected chi connectivity index (χ2v) is 8.20. The van der Waals surface area contributed by atoms with E-state index in [0.717, 1.165) is 45.1 Å². The van der Waals surface area contributed by atoms with Crippen LogP contribution in [0.4, 0.5) is 0 Å². The smallest absolute Gasteiger partial charge is 0.306 e. The van der Waals surface area contributed by atoms with E-state index in [4.69, 9.17) is 14.2 Å². The number of rotatable bonds is 5. The molecule has 1 saturated carbocycles. The maximum atomic E-state index is 11.6. The minimum atomic E-state index is -0.857. The summed E-state index contributed by atoms with van der Waals surface area (Å²) in [5.74, 6) is -0.0986. The maximum absolute atomic E-state index is 11.6. The fraction of sp³-hybridized carbons (Fsp3) is 0.850. The van der Waals surface area contributed by atoms with Crippen LogP contribution in [0.5, 0.6) is 0 Å². The highest BCUT2D eigenvalue weighted by Crippen LogP contribution is 2.56. The van der Waals surface area contributed by atoms with E-state index in [1.807, 2.05) is 13.0 Å². The molecule has 5 heteroatoms. The van der Waals surface area contributed by atoms with Gasteiger partial charge in [0.05, 0.1) is 25.2 Å². The van der Waals surface area contributed by atoms with Crippen molar-refractivity contribution in [2.45, 2.75) is 83.2 Å². The molecule has 0 amide bonds. The van der Waals surface area contributed by atoms with Gasteiger partial charge in [0, 0.05) is 12.0 Å². The highest BCUT2D eigenvalue weighted by molar-refractivity contribution is 5.69. The molecular formula is C20H32O5. The number of allylic oxidation sites excluding steroid dienone is 1. The topological polar surface area (TPSA) is 65.0 Å². The van der Waals surface area contributed by atoms with Crippen LogP contribution in [0.25, 0.3) is 0 Å². The molecule has 0 spiro atoms. The Morgan fingerprint density at radius 3 is 2.88 bits per heavy atom. The quantitative estimate of drug-likeness (QED) is 0.607. The molecule has 0 bridgehead atoms. The Morgan fingerprint density at radius 2 is 2.20 bits per heavy atom. The number of ether oxygens (including phenoxy) is 3. The zero-order chi connectivity index (χ0) is 18.1. The first-order valence-corrected chi connectivity index (χ1v) is 9.66. The first-order chi connectivity index (χ1) is 11.9. The molecule has 0 aromatic rings. The molecule has 2 aliphatic carbocycles. The van der Waals surface area contributed by atoms with Crippen LogP contribution in [0.15, 0.2) is 11.6 Å². The second kappa shape index (κ2) is 7.37. The molecule has 5 atom stereocenters. The number of fused-ring (bicyclic) bond motifs is 1. The van der Waals surface area contributed by atoms with Gasteiger partial charge in [-0.3, -0.25) is 4.79 Å². The average Bonchev–Trinajstić information content (AvgIpc) is 2.86. The summed E-state index contributed by atoms with van der Waals surface area (Å²) in [4.78, 5) is 11.6. The predicted molar refractivity (Wildman–Crippen MR) is 93.9 cm³/mol. The third-order valence-electron chi connectivity index (χ3n) is 6.63. The van der Waals surface area contributed by atoms with E-state index in [1.54, 1.807) is 0 Å². The Balaban J connectivity index is 1.70. The molecule has 1 aliphatic heterocycles. The van der Waals surface area contributed by atoms with Crippen LogP contribution in [-0.4, -0.2) is 42.8 Å². The third-order valence-corrected chi connectivity index (χ3v) is 6.63. The van der Waals surface area contributed by atoms with E-state index in [2.05, 4.69) is 6.92 Å². The van der Waals surface area contributed by atoms with Crippen LogP contribution < -0.4 is 0 Å². The number of carbonyl (C=O) groups excluding carboxylic acids is 1. The van der Waals surface area contributed by atoms with Gasteiger partial charge >= 0.3 is 5.97 Å². The van der Waals surface area contributed by atoms with Crippen molar-refractivity contribution in [3.8, 4) is 0 Å². The number of methoxy groups -OCH3 is 1. The Bertz CT molecular complexity index is 524. The zero-order valence-electron chi connectivity index (χ0n) is 15.8. The molecular weight excluding hydrogens is 320 g/mol. The van der Waals surface area contributed by atoms with Gasteiger partial charge < -0.3 is 19.3 Å². The first-order valence-electron chi connectivity index (χ1n) is 9.66. The van der Waals surface area contributed by atoms with Crippen molar-refractivity contribution in [3.63, 3.8) is 0 Å². The number of hydrogen-bond donors (Lipinski definition) is 1. The summed E-state index contributed by atoms with van der Waals surface area (Å²) in [6.45, 7) is 4.95. The van der Waals surface area contributed by atoms with E-state index >= 15 is 0 Å². The fourth-order valence-corrected chi connectivity index (χ4v) is 4.70. The minimum absolute atomic E-state index is 0.0225. The number of aliphatic hydroxyl groups is 1. The fourth-order valence-electron chi connectivity index (χ4n) is 4.70. The minimum Gasteiger partial charge on any atom is -0.469 e. The average molecular weight is 352 g/mol. The van der Waals surface area contributed by atoms with Gasteiger partial charge in [-0.15, -0.1) is 0 Å². The lowest BCUT2D eigenvalue weighted by Crippen LogP contribution is -2.50. The van der Waals surface area contributed by atoms with Crippen molar-refractivity contribution in [3.05, 3.63) is 11.6 Å². The lowest BCUT2D eigenvalue weighted by molar-refractivity contribution is -0.217. The number of hydrogen-bond acceptors (Lipinski definition) is 5. The summed E-state index contributed by atoms with van der Waals surface area (Å²) in [7, 11) is 1.42. The van der Waals surface area contributed by atoms with Crippen LogP contribution >= 0.6 is 0 Å². The van der Waals surface area contributed by atoms with Gasteiger partial charge in [-0.05, 0) is 50.9 Å². The van der Waals surface area contributed by atoms with Crippen molar-refractivity contribution >= 4 is 5.97 Å². The van der Waals surface area contributed by atoms with Crippen LogP contribution in [0, 0.1) is 11.3 Å². The molecule has 5 unspecified atom stereocenters. The summed E-state index contributed by atoms with van der Waals surface area (Å²) in [5.41, 5.74) is 0.0204. The van der Waals surface area contributed by atoms with E-state index in [9.17, 15) is 9.90 Å². The van der Waals surface area contributed by atoms with E-state index in [0.29, 0.717) is 12.8 Å². The van der Waals surface area contributed by atoms with Gasteiger partial charge in [-0.1, -0.05) is 25.5 Å². The van der Waals surface area contributed by atoms with Crippen LogP contribution in [0.3, 0.4) is 0 Å². The lowest BCUT2D eigenvalue weighted by Gasteiger charge is -2.46. The van der Waals surface area contributed by atoms with Crippen LogP contribution in [-0.2, 0) is 19.0 Å². The van der Waals surface area contributed by atoms with Gasteiger partial charge in [0.1, 0.15) is 0 Å². The molecule has 0 aromatic heterocycles. The van der Waals surface area contributed by atoms with Crippen molar-refractivity contribution in [2.75, 3.05) is 13.7 Å². The number of carbonyl (C=O) groups is 1. The van der Waals surface area contributed by atoms with Crippen molar-refractivity contribution in [2.24, 2.45) is 11.3 Å². The molecule has 3 rings (SSSR count). The van der Waals surface area contributed by atoms with Crippen molar-refractivity contribution < 1.29 is 24.1 Å². The SMILES string of the molecule is COC(=O)CC(C)C1=CC2(O)CCC(OC3CCCCO3)C2(C)CC1. The Hall–Kier alpha value is -0.910. The first kappa shape index (κ1) is 18.9. The van der Waals surface area contributed by atoms with Crippen molar-refractivity contribution in [1.82, 2.24) is 0 Å². The van der Waals surface area contributed by atoms with Crippen LogP contribution in [0.1, 0.15) is 65.2 Å². The van der Waals surface area contributed by atoms with E-state index in [-0.39, 0.29) is 29.7 Å². The molecule has 1 heterocycles. The molecule has 5 nitrogen and oxygen atoms in total. The van der Waals surface area contributed by atoms with Crippen LogP contribution in [0.2, 0.25) is 0 Å². The van der Waals surface area contributed by atoms with E-state index < -0.39 is 5.60 Å². The normalized spacial score (nSPS) is 39.4. The summed E-state index contributed by atoms with van der Waals surface area (Å²) in [5, 5.41) is 11.4. The molecule has 1 saturated heterocycles. The summed E-state index contributed by atoms with van der Waals surface area (Å²) >= 11 is 0. The van der Waals surface area contributed by atoms with Gasteiger partial charge in [-0.2, -0.15) is 0 Å². The van der Waals surface area contributed by atoms with Crippen molar-refractivity contribution in [1.29, 1.82) is 0 Å². The molecule has 1 N–H and O–H groups in total. The number of esters is 1. The molecule has 0 radical (unpaired) electrons. The Morgan fingerprint density at radius 1 is 1.40 bits per heavy atom. The molecule has 3 aliphatic rings.